The number of rotatable bonds is 6. The fourth-order valence-electron chi connectivity index (χ4n) is 3.15. The van der Waals surface area contributed by atoms with Gasteiger partial charge < -0.3 is 10.1 Å². The van der Waals surface area contributed by atoms with Gasteiger partial charge in [-0.15, -0.1) is 0 Å². The molecule has 3 rings (SSSR count). The Morgan fingerprint density at radius 2 is 1.76 bits per heavy atom. The summed E-state index contributed by atoms with van der Waals surface area (Å²) in [4.78, 5) is 23.1. The number of amides is 1. The highest BCUT2D eigenvalue weighted by Gasteiger charge is 2.26. The number of ether oxygens (including phenoxy) is 1. The lowest BCUT2D eigenvalue weighted by molar-refractivity contribution is -0.384. The van der Waals surface area contributed by atoms with E-state index in [4.69, 9.17) is 4.74 Å². The molecule has 0 spiro atoms. The maximum atomic E-state index is 12.7. The van der Waals surface area contributed by atoms with Crippen molar-refractivity contribution < 1.29 is 22.9 Å². The van der Waals surface area contributed by atoms with Gasteiger partial charge >= 0.3 is 0 Å². The van der Waals surface area contributed by atoms with E-state index in [-0.39, 0.29) is 21.9 Å². The maximum absolute atomic E-state index is 12.7. The maximum Gasteiger partial charge on any atom is 0.270 e. The molecule has 2 aromatic rings. The van der Waals surface area contributed by atoms with Crippen molar-refractivity contribution in [2.75, 3.05) is 25.5 Å². The topological polar surface area (TPSA) is 119 Å². The zero-order valence-corrected chi connectivity index (χ0v) is 16.6. The van der Waals surface area contributed by atoms with Crippen molar-refractivity contribution in [2.45, 2.75) is 24.2 Å². The second kappa shape index (κ2) is 8.58. The van der Waals surface area contributed by atoms with Gasteiger partial charge in [0, 0.05) is 30.9 Å². The van der Waals surface area contributed by atoms with Crippen LogP contribution in [0, 0.1) is 10.1 Å². The zero-order chi connectivity index (χ0) is 21.0. The molecule has 1 amide bonds. The number of carbonyl (C=O) groups excluding carboxylic acids is 1. The van der Waals surface area contributed by atoms with Crippen LogP contribution in [0.5, 0.6) is 5.75 Å². The van der Waals surface area contributed by atoms with Crippen LogP contribution in [0.25, 0.3) is 0 Å². The molecule has 0 aromatic heterocycles. The minimum absolute atomic E-state index is 0.00622. The molecule has 10 heteroatoms. The van der Waals surface area contributed by atoms with Crippen LogP contribution in [0.4, 0.5) is 11.4 Å². The van der Waals surface area contributed by atoms with Crippen LogP contribution >= 0.6 is 0 Å². The average molecular weight is 419 g/mol. The third-order valence-electron chi connectivity index (χ3n) is 4.70. The summed E-state index contributed by atoms with van der Waals surface area (Å²) < 4.78 is 31.9. The summed E-state index contributed by atoms with van der Waals surface area (Å²) in [5, 5.41) is 13.6. The van der Waals surface area contributed by atoms with Crippen LogP contribution in [-0.4, -0.2) is 43.8 Å². The number of hydrogen-bond acceptors (Lipinski definition) is 6. The molecular formula is C19H21N3O6S. The van der Waals surface area contributed by atoms with Crippen molar-refractivity contribution in [2.24, 2.45) is 0 Å². The van der Waals surface area contributed by atoms with Crippen LogP contribution in [0.3, 0.4) is 0 Å². The summed E-state index contributed by atoms with van der Waals surface area (Å²) in [6.07, 6.45) is 2.72. The van der Waals surface area contributed by atoms with E-state index in [1.165, 1.54) is 47.8 Å². The molecule has 0 bridgehead atoms. The Bertz CT molecular complexity index is 1010. The third kappa shape index (κ3) is 4.54. The predicted molar refractivity (Wildman–Crippen MR) is 107 cm³/mol. The molecular weight excluding hydrogens is 398 g/mol. The van der Waals surface area contributed by atoms with Crippen molar-refractivity contribution in [1.29, 1.82) is 0 Å². The van der Waals surface area contributed by atoms with Crippen LogP contribution in [0.2, 0.25) is 0 Å². The fraction of sp³-hybridized carbons (Fsp3) is 0.316. The molecule has 0 radical (unpaired) electrons. The fourth-order valence-corrected chi connectivity index (χ4v) is 4.67. The van der Waals surface area contributed by atoms with Crippen molar-refractivity contribution in [3.63, 3.8) is 0 Å². The number of methoxy groups -OCH3 is 1. The summed E-state index contributed by atoms with van der Waals surface area (Å²) in [5.41, 5.74) is 0.131. The Balaban J connectivity index is 1.78. The molecule has 1 fully saturated rings. The van der Waals surface area contributed by atoms with Crippen molar-refractivity contribution in [3.05, 3.63) is 58.1 Å². The number of piperidine rings is 1. The van der Waals surface area contributed by atoms with Gasteiger partial charge in [-0.25, -0.2) is 8.42 Å². The minimum Gasteiger partial charge on any atom is -0.496 e. The first-order valence-corrected chi connectivity index (χ1v) is 10.5. The third-order valence-corrected chi connectivity index (χ3v) is 6.62. The number of nitro groups is 1. The van der Waals surface area contributed by atoms with E-state index < -0.39 is 20.9 Å². The summed E-state index contributed by atoms with van der Waals surface area (Å²) in [5.74, 6) is -0.408. The quantitative estimate of drug-likeness (QED) is 0.568. The number of hydrogen-bond donors (Lipinski definition) is 1. The summed E-state index contributed by atoms with van der Waals surface area (Å²) in [6, 6.07) is 9.56. The number of carbonyl (C=O) groups is 1. The van der Waals surface area contributed by atoms with E-state index in [1.54, 1.807) is 0 Å². The molecule has 2 aromatic carbocycles. The number of benzene rings is 2. The highest BCUT2D eigenvalue weighted by Crippen LogP contribution is 2.26. The molecule has 0 aliphatic carbocycles. The standard InChI is InChI=1S/C19H21N3O6S/c1-28-18-10-7-15(22(24)25)13-17(18)19(23)20-14-5-8-16(9-6-14)29(26,27)21-11-3-2-4-12-21/h5-10,13H,2-4,11-12H2,1H3,(H,20,23). The second-order valence-corrected chi connectivity index (χ2v) is 8.52. The number of anilines is 1. The van der Waals surface area contributed by atoms with Gasteiger partial charge in [0.05, 0.1) is 22.5 Å². The lowest BCUT2D eigenvalue weighted by Crippen LogP contribution is -2.35. The Labute approximate surface area is 168 Å². The Morgan fingerprint density at radius 1 is 1.10 bits per heavy atom. The van der Waals surface area contributed by atoms with Crippen LogP contribution < -0.4 is 10.1 Å². The summed E-state index contributed by atoms with van der Waals surface area (Å²) >= 11 is 0. The van der Waals surface area contributed by atoms with Crippen LogP contribution in [0.1, 0.15) is 29.6 Å². The van der Waals surface area contributed by atoms with E-state index in [9.17, 15) is 23.3 Å². The first-order valence-electron chi connectivity index (χ1n) is 9.07. The van der Waals surface area contributed by atoms with E-state index in [0.717, 1.165) is 25.3 Å². The molecule has 0 unspecified atom stereocenters. The smallest absolute Gasteiger partial charge is 0.270 e. The first kappa shape index (κ1) is 20.7. The number of non-ortho nitro benzene ring substituents is 1. The average Bonchev–Trinajstić information content (AvgIpc) is 2.74. The monoisotopic (exact) mass is 419 g/mol. The van der Waals surface area contributed by atoms with E-state index >= 15 is 0 Å². The van der Waals surface area contributed by atoms with Gasteiger partial charge in [0.15, 0.2) is 0 Å². The summed E-state index contributed by atoms with van der Waals surface area (Å²) in [7, 11) is -2.20. The van der Waals surface area contributed by atoms with Gasteiger partial charge in [-0.3, -0.25) is 14.9 Å². The minimum atomic E-state index is -3.56. The number of sulfonamides is 1. The molecule has 29 heavy (non-hydrogen) atoms. The number of nitro benzene ring substituents is 1. The highest BCUT2D eigenvalue weighted by molar-refractivity contribution is 7.89. The van der Waals surface area contributed by atoms with Crippen molar-refractivity contribution in [1.82, 2.24) is 4.31 Å². The van der Waals surface area contributed by atoms with Crippen molar-refractivity contribution in [3.8, 4) is 5.75 Å². The lowest BCUT2D eigenvalue weighted by atomic mass is 10.1. The molecule has 1 saturated heterocycles. The van der Waals surface area contributed by atoms with Gasteiger partial charge in [-0.05, 0) is 43.2 Å². The molecule has 1 aliphatic heterocycles. The first-order chi connectivity index (χ1) is 13.8. The Morgan fingerprint density at radius 3 is 2.34 bits per heavy atom. The molecule has 154 valence electrons. The predicted octanol–water partition coefficient (Wildman–Crippen LogP) is 3.03. The van der Waals surface area contributed by atoms with E-state index in [1.807, 2.05) is 0 Å². The van der Waals surface area contributed by atoms with Gasteiger partial charge in [0.25, 0.3) is 11.6 Å². The SMILES string of the molecule is COc1ccc([N+](=O)[O-])cc1C(=O)Nc1ccc(S(=O)(=O)N2CCCCC2)cc1. The lowest BCUT2D eigenvalue weighted by Gasteiger charge is -2.25. The highest BCUT2D eigenvalue weighted by atomic mass is 32.2. The largest absolute Gasteiger partial charge is 0.496 e. The van der Waals surface area contributed by atoms with Crippen molar-refractivity contribution >= 4 is 27.3 Å². The molecule has 0 atom stereocenters. The Kier molecular flexibility index (Phi) is 6.14. The normalized spacial score (nSPS) is 14.9. The number of nitrogens with zero attached hydrogens (tertiary/aromatic N) is 2. The van der Waals surface area contributed by atoms with Crippen LogP contribution in [0.15, 0.2) is 47.4 Å². The van der Waals surface area contributed by atoms with Gasteiger partial charge in [0.1, 0.15) is 5.75 Å². The molecule has 1 heterocycles. The van der Waals surface area contributed by atoms with E-state index in [2.05, 4.69) is 5.32 Å². The van der Waals surface area contributed by atoms with Gasteiger partial charge in [-0.1, -0.05) is 6.42 Å². The van der Waals surface area contributed by atoms with Gasteiger partial charge in [0.2, 0.25) is 10.0 Å². The molecule has 0 saturated carbocycles. The number of nitrogens with one attached hydrogen (secondary N) is 1. The molecule has 1 aliphatic rings. The van der Waals surface area contributed by atoms with E-state index in [0.29, 0.717) is 18.8 Å². The second-order valence-electron chi connectivity index (χ2n) is 6.58. The molecule has 1 N–H and O–H groups in total. The van der Waals surface area contributed by atoms with Crippen LogP contribution in [-0.2, 0) is 10.0 Å². The summed E-state index contributed by atoms with van der Waals surface area (Å²) in [6.45, 7) is 1.01. The van der Waals surface area contributed by atoms with Gasteiger partial charge in [-0.2, -0.15) is 4.31 Å². The Hall–Kier alpha value is -2.98. The molecule has 9 nitrogen and oxygen atoms in total. The zero-order valence-electron chi connectivity index (χ0n) is 15.8.